The van der Waals surface area contributed by atoms with Crippen molar-refractivity contribution in [3.63, 3.8) is 0 Å². The third kappa shape index (κ3) is 5.27. The Balaban J connectivity index is 3.39. The quantitative estimate of drug-likeness (QED) is 0.330. The fourth-order valence-electron chi connectivity index (χ4n) is 0.332. The van der Waals surface area contributed by atoms with E-state index in [4.69, 9.17) is 5.53 Å². The number of carbonyl (C=O) groups is 1. The lowest BCUT2D eigenvalue weighted by molar-refractivity contribution is -0.115. The Labute approximate surface area is 58.1 Å². The summed E-state index contributed by atoms with van der Waals surface area (Å²) in [5.41, 5.74) is 7.88. The molecule has 0 radical (unpaired) electrons. The minimum Gasteiger partial charge on any atom is -0.361 e. The van der Waals surface area contributed by atoms with Crippen molar-refractivity contribution in [1.29, 1.82) is 0 Å². The van der Waals surface area contributed by atoms with Crippen LogP contribution in [0.15, 0.2) is 0 Å². The first kappa shape index (κ1) is 8.40. The molecule has 0 fully saturated rings. The topological polar surface area (TPSA) is 53.5 Å². The molecule has 0 saturated heterocycles. The smallest absolute Gasteiger partial charge is 0.323 e. The molecule has 0 aromatic rings. The molecule has 0 amide bonds. The Bertz CT molecular complexity index is 140. The van der Waals surface area contributed by atoms with E-state index < -0.39 is 0 Å². The average Bonchev–Trinajstić information content (AvgIpc) is 1.85. The van der Waals surface area contributed by atoms with Crippen LogP contribution in [-0.2, 0) is 4.79 Å². The number of rotatable bonds is 4. The van der Waals surface area contributed by atoms with Gasteiger partial charge in [0.1, 0.15) is 0 Å². The second kappa shape index (κ2) is 5.54. The monoisotopic (exact) mass is 144 g/mol. The molecular weight excluding hydrogens is 136 g/mol. The highest BCUT2D eigenvalue weighted by atomic mass is 32.2. The van der Waals surface area contributed by atoms with Crippen LogP contribution >= 0.6 is 11.8 Å². The van der Waals surface area contributed by atoms with Crippen molar-refractivity contribution in [2.45, 2.75) is 6.42 Å². The second-order valence-corrected chi connectivity index (χ2v) is 2.44. The summed E-state index contributed by atoms with van der Waals surface area (Å²) in [4.78, 5) is 13.1. The summed E-state index contributed by atoms with van der Waals surface area (Å²) < 4.78 is 0. The van der Waals surface area contributed by atoms with Crippen LogP contribution in [0.1, 0.15) is 6.42 Å². The molecule has 0 bridgehead atoms. The largest absolute Gasteiger partial charge is 0.361 e. The van der Waals surface area contributed by atoms with Gasteiger partial charge in [-0.25, -0.2) is 0 Å². The van der Waals surface area contributed by atoms with Gasteiger partial charge in [0.25, 0.3) is 0 Å². The molecule has 4 heteroatoms. The van der Waals surface area contributed by atoms with Gasteiger partial charge in [0.15, 0.2) is 0 Å². The van der Waals surface area contributed by atoms with Gasteiger partial charge in [-0.15, -0.1) is 0 Å². The molecule has 0 saturated carbocycles. The number of ketones is 1. The Morgan fingerprint density at radius 1 is 1.89 bits per heavy atom. The number of carbonyl (C=O) groups excluding carboxylic acids is 1. The highest BCUT2D eigenvalue weighted by Gasteiger charge is 1.99. The van der Waals surface area contributed by atoms with E-state index in [0.717, 1.165) is 12.0 Å². The molecule has 0 aliphatic rings. The predicted octanol–water partition coefficient (Wildman–Crippen LogP) is 0.609. The van der Waals surface area contributed by atoms with Crippen LogP contribution < -0.4 is 0 Å². The number of nitrogens with zero attached hydrogens (tertiary/aromatic N) is 2. The fraction of sp³-hybridized carbons (Fsp3) is 0.600. The van der Waals surface area contributed by atoms with E-state index in [9.17, 15) is 4.79 Å². The molecule has 0 atom stereocenters. The summed E-state index contributed by atoms with van der Waals surface area (Å²) in [6.07, 6.45) is 3.30. The molecule has 0 rings (SSSR count). The Morgan fingerprint density at radius 2 is 2.56 bits per heavy atom. The maximum atomic E-state index is 10.5. The lowest BCUT2D eigenvalue weighted by atomic mass is 10.3. The van der Waals surface area contributed by atoms with E-state index in [2.05, 4.69) is 4.79 Å². The SMILES string of the molecule is CSCCC(=O)C=[N+]=[N-]. The van der Waals surface area contributed by atoms with Gasteiger partial charge in [0.2, 0.25) is 5.78 Å². The fourth-order valence-corrected chi connectivity index (χ4v) is 0.737. The second-order valence-electron chi connectivity index (χ2n) is 1.45. The summed E-state index contributed by atoms with van der Waals surface area (Å²) in [6, 6.07) is 0. The van der Waals surface area contributed by atoms with E-state index in [1.54, 1.807) is 11.8 Å². The predicted molar refractivity (Wildman–Crippen MR) is 37.7 cm³/mol. The molecule has 0 aliphatic carbocycles. The third-order valence-electron chi connectivity index (χ3n) is 0.754. The summed E-state index contributed by atoms with van der Waals surface area (Å²) in [5, 5.41) is 0. The molecule has 0 spiro atoms. The maximum Gasteiger partial charge on any atom is 0.323 e. The molecule has 9 heavy (non-hydrogen) atoms. The normalized spacial score (nSPS) is 8.11. The van der Waals surface area contributed by atoms with Gasteiger partial charge in [-0.2, -0.15) is 16.6 Å². The van der Waals surface area contributed by atoms with Crippen LogP contribution in [0.25, 0.3) is 5.53 Å². The summed E-state index contributed by atoms with van der Waals surface area (Å²) in [6.45, 7) is 0. The number of Topliss-reactive ketones (excluding diaryl/α,β-unsaturated/α-hetero) is 1. The summed E-state index contributed by atoms with van der Waals surface area (Å²) in [5.74, 6) is 0.650. The van der Waals surface area contributed by atoms with Crippen molar-refractivity contribution in [3.8, 4) is 0 Å². The van der Waals surface area contributed by atoms with Crippen LogP contribution in [-0.4, -0.2) is 28.8 Å². The Kier molecular flexibility index (Phi) is 5.17. The van der Waals surface area contributed by atoms with Crippen molar-refractivity contribution >= 4 is 23.8 Å². The molecule has 0 aromatic carbocycles. The zero-order chi connectivity index (χ0) is 7.11. The first-order valence-electron chi connectivity index (χ1n) is 2.50. The van der Waals surface area contributed by atoms with Crippen LogP contribution in [0.4, 0.5) is 0 Å². The van der Waals surface area contributed by atoms with Gasteiger partial charge in [-0.1, -0.05) is 0 Å². The summed E-state index contributed by atoms with van der Waals surface area (Å²) in [7, 11) is 0. The van der Waals surface area contributed by atoms with Gasteiger partial charge >= 0.3 is 6.21 Å². The van der Waals surface area contributed by atoms with Crippen LogP contribution in [0.2, 0.25) is 0 Å². The first-order valence-corrected chi connectivity index (χ1v) is 3.90. The Hall–Kier alpha value is -0.600. The van der Waals surface area contributed by atoms with E-state index >= 15 is 0 Å². The van der Waals surface area contributed by atoms with Crippen LogP contribution in [0, 0.1) is 0 Å². The average molecular weight is 144 g/mol. The van der Waals surface area contributed by atoms with Crippen molar-refractivity contribution in [3.05, 3.63) is 5.53 Å². The van der Waals surface area contributed by atoms with E-state index in [0.29, 0.717) is 6.42 Å². The minimum atomic E-state index is -0.133. The highest BCUT2D eigenvalue weighted by molar-refractivity contribution is 7.98. The molecule has 0 aromatic heterocycles. The third-order valence-corrected chi connectivity index (χ3v) is 1.37. The number of hydrogen-bond acceptors (Lipinski definition) is 2. The van der Waals surface area contributed by atoms with Gasteiger partial charge < -0.3 is 5.53 Å². The number of thioether (sulfide) groups is 1. The Morgan fingerprint density at radius 3 is 3.00 bits per heavy atom. The van der Waals surface area contributed by atoms with Crippen molar-refractivity contribution < 1.29 is 9.58 Å². The van der Waals surface area contributed by atoms with E-state index in [1.165, 1.54) is 0 Å². The maximum absolute atomic E-state index is 10.5. The van der Waals surface area contributed by atoms with Crippen LogP contribution in [0.3, 0.4) is 0 Å². The number of hydrogen-bond donors (Lipinski definition) is 0. The molecule has 0 heterocycles. The highest BCUT2D eigenvalue weighted by Crippen LogP contribution is 1.93. The zero-order valence-corrected chi connectivity index (χ0v) is 6.02. The van der Waals surface area contributed by atoms with Gasteiger partial charge in [0.05, 0.1) is 0 Å². The summed E-state index contributed by atoms with van der Waals surface area (Å²) >= 11 is 1.59. The van der Waals surface area contributed by atoms with Gasteiger partial charge in [-0.3, -0.25) is 4.79 Å². The molecule has 3 nitrogen and oxygen atoms in total. The lowest BCUT2D eigenvalue weighted by Gasteiger charge is -1.84. The van der Waals surface area contributed by atoms with Gasteiger partial charge in [-0.05, 0) is 6.26 Å². The van der Waals surface area contributed by atoms with Crippen LogP contribution in [0.5, 0.6) is 0 Å². The van der Waals surface area contributed by atoms with Crippen molar-refractivity contribution in [2.75, 3.05) is 12.0 Å². The lowest BCUT2D eigenvalue weighted by Crippen LogP contribution is -2.00. The van der Waals surface area contributed by atoms with Crippen molar-refractivity contribution in [2.24, 2.45) is 0 Å². The minimum absolute atomic E-state index is 0.133. The molecule has 0 aliphatic heterocycles. The standard InChI is InChI=1S/C5H8N2OS/c1-9-3-2-5(8)4-7-6/h4H,2-3H2,1H3. The first-order chi connectivity index (χ1) is 4.31. The van der Waals surface area contributed by atoms with E-state index in [-0.39, 0.29) is 5.78 Å². The molecular formula is C5H8N2OS. The van der Waals surface area contributed by atoms with Crippen molar-refractivity contribution in [1.82, 2.24) is 0 Å². The zero-order valence-electron chi connectivity index (χ0n) is 5.20. The van der Waals surface area contributed by atoms with E-state index in [1.807, 2.05) is 6.26 Å². The molecule has 0 unspecified atom stereocenters. The molecule has 50 valence electrons. The molecule has 0 N–H and O–H groups in total. The van der Waals surface area contributed by atoms with Gasteiger partial charge in [0, 0.05) is 12.2 Å².